The summed E-state index contributed by atoms with van der Waals surface area (Å²) in [4.78, 5) is 0. The summed E-state index contributed by atoms with van der Waals surface area (Å²) in [6, 6.07) is 0.359. The summed E-state index contributed by atoms with van der Waals surface area (Å²) >= 11 is 1.98. The number of thioether (sulfide) groups is 1. The molecule has 0 aliphatic carbocycles. The first-order chi connectivity index (χ1) is 8.69. The van der Waals surface area contributed by atoms with Gasteiger partial charge in [-0.3, -0.25) is 0 Å². The number of aliphatic hydroxyl groups is 1. The number of hydrogen-bond acceptors (Lipinski definition) is 5. The lowest BCUT2D eigenvalue weighted by atomic mass is 9.90. The Morgan fingerprint density at radius 2 is 2.56 bits per heavy atom. The van der Waals surface area contributed by atoms with Crippen molar-refractivity contribution in [3.8, 4) is 0 Å². The minimum Gasteiger partial charge on any atom is -0.387 e. The fourth-order valence-corrected chi connectivity index (χ4v) is 4.13. The van der Waals surface area contributed by atoms with Gasteiger partial charge in [0.1, 0.15) is 5.69 Å². The highest BCUT2D eigenvalue weighted by atomic mass is 32.2. The molecule has 2 saturated heterocycles. The Labute approximate surface area is 111 Å². The van der Waals surface area contributed by atoms with E-state index in [2.05, 4.69) is 10.3 Å². The summed E-state index contributed by atoms with van der Waals surface area (Å²) in [7, 11) is 0. The molecule has 0 amide bonds. The predicted octanol–water partition coefficient (Wildman–Crippen LogP) is 1.56. The zero-order valence-corrected chi connectivity index (χ0v) is 11.4. The van der Waals surface area contributed by atoms with Crippen LogP contribution in [-0.2, 0) is 4.74 Å². The van der Waals surface area contributed by atoms with Gasteiger partial charge in [-0.25, -0.2) is 4.68 Å². The van der Waals surface area contributed by atoms with Crippen LogP contribution in [0.25, 0.3) is 0 Å². The SMILES string of the molecule is CC(O)c1cn(C2CCOC3(CCSC3)C2)nn1. The molecule has 18 heavy (non-hydrogen) atoms. The maximum absolute atomic E-state index is 9.50. The van der Waals surface area contributed by atoms with Crippen LogP contribution in [0.1, 0.15) is 44.0 Å². The van der Waals surface area contributed by atoms with Gasteiger partial charge in [-0.15, -0.1) is 5.10 Å². The van der Waals surface area contributed by atoms with Gasteiger partial charge < -0.3 is 9.84 Å². The lowest BCUT2D eigenvalue weighted by molar-refractivity contribution is -0.0780. The van der Waals surface area contributed by atoms with Crippen LogP contribution < -0.4 is 0 Å². The van der Waals surface area contributed by atoms with Gasteiger partial charge in [0, 0.05) is 12.4 Å². The van der Waals surface area contributed by atoms with Crippen molar-refractivity contribution in [3.05, 3.63) is 11.9 Å². The van der Waals surface area contributed by atoms with Crippen LogP contribution in [0.4, 0.5) is 0 Å². The Balaban J connectivity index is 1.75. The Bertz CT molecular complexity index is 415. The van der Waals surface area contributed by atoms with Crippen molar-refractivity contribution >= 4 is 11.8 Å². The molecule has 3 atom stereocenters. The molecule has 3 rings (SSSR count). The molecule has 1 spiro atoms. The molecule has 3 heterocycles. The molecule has 5 nitrogen and oxygen atoms in total. The normalized spacial score (nSPS) is 34.0. The van der Waals surface area contributed by atoms with E-state index in [9.17, 15) is 5.11 Å². The van der Waals surface area contributed by atoms with Crippen LogP contribution in [0.5, 0.6) is 0 Å². The quantitative estimate of drug-likeness (QED) is 0.883. The van der Waals surface area contributed by atoms with Crippen molar-refractivity contribution in [3.63, 3.8) is 0 Å². The van der Waals surface area contributed by atoms with E-state index < -0.39 is 6.10 Å². The molecule has 1 aromatic heterocycles. The monoisotopic (exact) mass is 269 g/mol. The first kappa shape index (κ1) is 12.4. The van der Waals surface area contributed by atoms with E-state index >= 15 is 0 Å². The van der Waals surface area contributed by atoms with Crippen molar-refractivity contribution in [1.82, 2.24) is 15.0 Å². The van der Waals surface area contributed by atoms with E-state index in [1.807, 2.05) is 22.6 Å². The van der Waals surface area contributed by atoms with Gasteiger partial charge in [-0.1, -0.05) is 5.21 Å². The predicted molar refractivity (Wildman–Crippen MR) is 69.6 cm³/mol. The van der Waals surface area contributed by atoms with E-state index in [0.717, 1.165) is 31.6 Å². The number of hydrogen-bond donors (Lipinski definition) is 1. The zero-order chi connectivity index (χ0) is 12.6. The number of rotatable bonds is 2. The van der Waals surface area contributed by atoms with Crippen molar-refractivity contribution in [1.29, 1.82) is 0 Å². The maximum Gasteiger partial charge on any atom is 0.111 e. The number of ether oxygens (including phenoxy) is 1. The lowest BCUT2D eigenvalue weighted by Gasteiger charge is -2.37. The molecule has 0 bridgehead atoms. The van der Waals surface area contributed by atoms with E-state index in [1.54, 1.807) is 6.92 Å². The summed E-state index contributed by atoms with van der Waals surface area (Å²) in [5.41, 5.74) is 0.709. The van der Waals surface area contributed by atoms with E-state index in [4.69, 9.17) is 4.74 Å². The third kappa shape index (κ3) is 2.29. The fraction of sp³-hybridized carbons (Fsp3) is 0.833. The van der Waals surface area contributed by atoms with Crippen molar-refractivity contribution in [2.24, 2.45) is 0 Å². The molecule has 0 radical (unpaired) electrons. The van der Waals surface area contributed by atoms with Crippen LogP contribution in [0.3, 0.4) is 0 Å². The van der Waals surface area contributed by atoms with Gasteiger partial charge in [0.05, 0.1) is 23.9 Å². The lowest BCUT2D eigenvalue weighted by Crippen LogP contribution is -2.40. The van der Waals surface area contributed by atoms with Crippen LogP contribution >= 0.6 is 11.8 Å². The van der Waals surface area contributed by atoms with E-state index in [0.29, 0.717) is 11.7 Å². The first-order valence-corrected chi connectivity index (χ1v) is 7.65. The van der Waals surface area contributed by atoms with Crippen LogP contribution in [0.15, 0.2) is 6.20 Å². The van der Waals surface area contributed by atoms with Gasteiger partial charge in [0.25, 0.3) is 0 Å². The second-order valence-electron chi connectivity index (χ2n) is 5.28. The number of aromatic nitrogens is 3. The van der Waals surface area contributed by atoms with Gasteiger partial charge in [-0.2, -0.15) is 11.8 Å². The highest BCUT2D eigenvalue weighted by molar-refractivity contribution is 7.99. The average Bonchev–Trinajstić information content (AvgIpc) is 2.98. The van der Waals surface area contributed by atoms with Crippen molar-refractivity contribution < 1.29 is 9.84 Å². The molecular formula is C12H19N3O2S. The average molecular weight is 269 g/mol. The Kier molecular flexibility index (Phi) is 3.34. The van der Waals surface area contributed by atoms with Crippen molar-refractivity contribution in [2.75, 3.05) is 18.1 Å². The summed E-state index contributed by atoms with van der Waals surface area (Å²) in [5, 5.41) is 17.7. The first-order valence-electron chi connectivity index (χ1n) is 6.50. The molecule has 2 aliphatic heterocycles. The highest BCUT2D eigenvalue weighted by Crippen LogP contribution is 2.41. The molecule has 3 unspecified atom stereocenters. The van der Waals surface area contributed by atoms with Gasteiger partial charge >= 0.3 is 0 Å². The van der Waals surface area contributed by atoms with Gasteiger partial charge in [-0.05, 0) is 31.9 Å². The van der Waals surface area contributed by atoms with Crippen LogP contribution in [0, 0.1) is 0 Å². The van der Waals surface area contributed by atoms with E-state index in [-0.39, 0.29) is 5.60 Å². The minimum absolute atomic E-state index is 0.0600. The number of aliphatic hydroxyl groups excluding tert-OH is 1. The third-order valence-electron chi connectivity index (χ3n) is 3.86. The molecule has 2 aliphatic rings. The van der Waals surface area contributed by atoms with E-state index in [1.165, 1.54) is 5.75 Å². The van der Waals surface area contributed by atoms with Gasteiger partial charge in [0.2, 0.25) is 0 Å². The van der Waals surface area contributed by atoms with Gasteiger partial charge in [0.15, 0.2) is 0 Å². The Hall–Kier alpha value is -0.590. The standard InChI is InChI=1S/C12H19N3O2S/c1-9(16)11-7-15(14-13-11)10-2-4-17-12(6-10)3-5-18-8-12/h7,9-10,16H,2-6,8H2,1H3. The molecule has 1 aromatic rings. The molecule has 2 fully saturated rings. The topological polar surface area (TPSA) is 60.2 Å². The maximum atomic E-state index is 9.50. The Morgan fingerprint density at radius 1 is 1.67 bits per heavy atom. The highest BCUT2D eigenvalue weighted by Gasteiger charge is 2.41. The largest absolute Gasteiger partial charge is 0.387 e. The van der Waals surface area contributed by atoms with Crippen molar-refractivity contribution in [2.45, 2.75) is 43.9 Å². The molecular weight excluding hydrogens is 250 g/mol. The second kappa shape index (κ2) is 4.83. The molecule has 6 heteroatoms. The van der Waals surface area contributed by atoms with Crippen LogP contribution in [0.2, 0.25) is 0 Å². The summed E-state index contributed by atoms with van der Waals surface area (Å²) in [5.74, 6) is 2.30. The summed E-state index contributed by atoms with van der Waals surface area (Å²) < 4.78 is 7.91. The molecule has 0 aromatic carbocycles. The second-order valence-corrected chi connectivity index (χ2v) is 6.39. The molecule has 0 saturated carbocycles. The zero-order valence-electron chi connectivity index (χ0n) is 10.6. The summed E-state index contributed by atoms with van der Waals surface area (Å²) in [6.07, 6.45) is 4.47. The number of nitrogens with zero attached hydrogens (tertiary/aromatic N) is 3. The fourth-order valence-electron chi connectivity index (χ4n) is 2.75. The Morgan fingerprint density at radius 3 is 3.22 bits per heavy atom. The minimum atomic E-state index is -0.547. The van der Waals surface area contributed by atoms with Crippen LogP contribution in [-0.4, -0.2) is 43.8 Å². The molecule has 100 valence electrons. The molecule has 1 N–H and O–H groups in total. The third-order valence-corrected chi connectivity index (χ3v) is 5.09. The smallest absolute Gasteiger partial charge is 0.111 e. The summed E-state index contributed by atoms with van der Waals surface area (Å²) in [6.45, 7) is 2.52.